The Bertz CT molecular complexity index is 1220. The number of nitrogens with zero attached hydrogens (tertiary/aromatic N) is 3. The first-order valence-electron chi connectivity index (χ1n) is 10.1. The van der Waals surface area contributed by atoms with E-state index in [0.29, 0.717) is 29.5 Å². The summed E-state index contributed by atoms with van der Waals surface area (Å²) in [6, 6.07) is 11.6. The maximum Gasteiger partial charge on any atom is 0.232 e. The quantitative estimate of drug-likeness (QED) is 0.586. The lowest BCUT2D eigenvalue weighted by Crippen LogP contribution is -2.14. The van der Waals surface area contributed by atoms with Crippen LogP contribution in [0.4, 0.5) is 5.69 Å². The molecule has 2 heterocycles. The van der Waals surface area contributed by atoms with Crippen molar-refractivity contribution in [2.45, 2.75) is 33.2 Å². The van der Waals surface area contributed by atoms with Gasteiger partial charge < -0.3 is 9.30 Å². The Hall–Kier alpha value is -3.05. The molecular formula is C22H24N4O3S. The minimum atomic E-state index is -3.37. The van der Waals surface area contributed by atoms with Crippen LogP contribution in [0, 0.1) is 17.2 Å². The number of hydrogen-bond acceptors (Lipinski definition) is 5. The van der Waals surface area contributed by atoms with E-state index < -0.39 is 10.0 Å². The van der Waals surface area contributed by atoms with Crippen molar-refractivity contribution in [2.24, 2.45) is 5.92 Å². The van der Waals surface area contributed by atoms with Crippen LogP contribution in [0.5, 0.6) is 5.75 Å². The van der Waals surface area contributed by atoms with Crippen LogP contribution in [0.15, 0.2) is 36.5 Å². The molecule has 30 heavy (non-hydrogen) atoms. The van der Waals surface area contributed by atoms with Gasteiger partial charge in [0.1, 0.15) is 11.8 Å². The molecule has 0 amide bonds. The fourth-order valence-electron chi connectivity index (χ4n) is 3.56. The van der Waals surface area contributed by atoms with Gasteiger partial charge in [-0.25, -0.2) is 8.42 Å². The van der Waals surface area contributed by atoms with Crippen molar-refractivity contribution in [3.05, 3.63) is 42.1 Å². The van der Waals surface area contributed by atoms with Gasteiger partial charge in [0.05, 0.1) is 46.7 Å². The van der Waals surface area contributed by atoms with Gasteiger partial charge in [-0.2, -0.15) is 5.26 Å². The molecule has 1 fully saturated rings. The molecule has 4 rings (SSSR count). The lowest BCUT2D eigenvalue weighted by Gasteiger charge is -2.12. The fraction of sp³-hybridized carbons (Fsp3) is 0.364. The van der Waals surface area contributed by atoms with Gasteiger partial charge in [-0.1, -0.05) is 0 Å². The van der Waals surface area contributed by atoms with E-state index in [-0.39, 0.29) is 5.75 Å². The highest BCUT2D eigenvalue weighted by molar-refractivity contribution is 7.92. The lowest BCUT2D eigenvalue weighted by molar-refractivity contribution is 0.340. The summed E-state index contributed by atoms with van der Waals surface area (Å²) >= 11 is 0. The van der Waals surface area contributed by atoms with Crippen LogP contribution in [-0.4, -0.2) is 30.3 Å². The van der Waals surface area contributed by atoms with E-state index >= 15 is 0 Å². The molecule has 1 aliphatic carbocycles. The molecule has 156 valence electrons. The van der Waals surface area contributed by atoms with Crippen LogP contribution in [-0.2, 0) is 16.6 Å². The highest BCUT2D eigenvalue weighted by Crippen LogP contribution is 2.39. The van der Waals surface area contributed by atoms with Crippen LogP contribution >= 0.6 is 0 Å². The van der Waals surface area contributed by atoms with Gasteiger partial charge in [0, 0.05) is 18.0 Å². The second-order valence-electron chi connectivity index (χ2n) is 7.44. The van der Waals surface area contributed by atoms with E-state index in [1.165, 1.54) is 19.0 Å². The third kappa shape index (κ3) is 3.98. The first kappa shape index (κ1) is 20.2. The second kappa shape index (κ2) is 8.00. The maximum absolute atomic E-state index is 11.8. The molecule has 0 saturated heterocycles. The van der Waals surface area contributed by atoms with E-state index in [0.717, 1.165) is 28.9 Å². The smallest absolute Gasteiger partial charge is 0.232 e. The van der Waals surface area contributed by atoms with Crippen molar-refractivity contribution in [3.8, 4) is 23.2 Å². The largest absolute Gasteiger partial charge is 0.494 e. The minimum Gasteiger partial charge on any atom is -0.494 e. The molecule has 0 spiro atoms. The summed E-state index contributed by atoms with van der Waals surface area (Å²) in [5.41, 5.74) is 3.33. The average Bonchev–Trinajstić information content (AvgIpc) is 3.50. The Morgan fingerprint density at radius 1 is 1.27 bits per heavy atom. The summed E-state index contributed by atoms with van der Waals surface area (Å²) in [7, 11) is -3.37. The van der Waals surface area contributed by atoms with E-state index in [4.69, 9.17) is 4.74 Å². The molecule has 7 nitrogen and oxygen atoms in total. The first-order valence-corrected chi connectivity index (χ1v) is 11.8. The SMILES string of the molecule is CCOc1ccc2c(C#N)c(-c3ccc(NS(=O)(=O)CC)cn3)n(CC3CC3)c2c1. The van der Waals surface area contributed by atoms with Crippen LogP contribution < -0.4 is 9.46 Å². The summed E-state index contributed by atoms with van der Waals surface area (Å²) in [4.78, 5) is 4.49. The number of rotatable bonds is 8. The Balaban J connectivity index is 1.83. The predicted molar refractivity (Wildman–Crippen MR) is 117 cm³/mol. The third-order valence-electron chi connectivity index (χ3n) is 5.26. The Labute approximate surface area is 176 Å². The van der Waals surface area contributed by atoms with E-state index in [1.54, 1.807) is 19.1 Å². The van der Waals surface area contributed by atoms with Crippen LogP contribution in [0.25, 0.3) is 22.3 Å². The van der Waals surface area contributed by atoms with Crippen molar-refractivity contribution in [3.63, 3.8) is 0 Å². The number of hydrogen-bond donors (Lipinski definition) is 1. The molecule has 1 aliphatic rings. The number of nitrogens with one attached hydrogen (secondary N) is 1. The highest BCUT2D eigenvalue weighted by Gasteiger charge is 2.27. The number of ether oxygens (including phenoxy) is 1. The van der Waals surface area contributed by atoms with Crippen LogP contribution in [0.3, 0.4) is 0 Å². The lowest BCUT2D eigenvalue weighted by atomic mass is 10.1. The monoisotopic (exact) mass is 424 g/mol. The van der Waals surface area contributed by atoms with Gasteiger partial charge in [0.15, 0.2) is 0 Å². The number of nitriles is 1. The normalized spacial score (nSPS) is 13.9. The van der Waals surface area contributed by atoms with Crippen molar-refractivity contribution >= 4 is 26.6 Å². The van der Waals surface area contributed by atoms with Crippen molar-refractivity contribution in [1.29, 1.82) is 5.26 Å². The average molecular weight is 425 g/mol. The van der Waals surface area contributed by atoms with E-state index in [9.17, 15) is 13.7 Å². The number of anilines is 1. The van der Waals surface area contributed by atoms with Gasteiger partial charge in [-0.3, -0.25) is 9.71 Å². The van der Waals surface area contributed by atoms with Crippen LogP contribution in [0.2, 0.25) is 0 Å². The number of pyridine rings is 1. The molecule has 0 bridgehead atoms. The third-order valence-corrected chi connectivity index (χ3v) is 6.56. The number of aromatic nitrogens is 2. The standard InChI is InChI=1S/C22H24N4O3S/c1-3-29-17-8-9-18-19(12-23)22(26(21(18)11-17)14-15-5-6-15)20-10-7-16(13-24-20)25-30(27,28)4-2/h7-11,13,15,25H,3-6,14H2,1-2H3. The predicted octanol–water partition coefficient (Wildman–Crippen LogP) is 4.15. The molecule has 3 aromatic rings. The summed E-state index contributed by atoms with van der Waals surface area (Å²) in [6.45, 7) is 4.91. The highest BCUT2D eigenvalue weighted by atomic mass is 32.2. The fourth-order valence-corrected chi connectivity index (χ4v) is 4.18. The van der Waals surface area contributed by atoms with Crippen molar-refractivity contribution in [1.82, 2.24) is 9.55 Å². The Morgan fingerprint density at radius 2 is 2.07 bits per heavy atom. The maximum atomic E-state index is 11.8. The second-order valence-corrected chi connectivity index (χ2v) is 9.45. The van der Waals surface area contributed by atoms with Crippen molar-refractivity contribution < 1.29 is 13.2 Å². The van der Waals surface area contributed by atoms with Gasteiger partial charge in [0.25, 0.3) is 0 Å². The van der Waals surface area contributed by atoms with Crippen LogP contribution in [0.1, 0.15) is 32.3 Å². The molecule has 0 unspecified atom stereocenters. The van der Waals surface area contributed by atoms with E-state index in [2.05, 4.69) is 20.3 Å². The van der Waals surface area contributed by atoms with E-state index in [1.807, 2.05) is 25.1 Å². The summed E-state index contributed by atoms with van der Waals surface area (Å²) < 4.78 is 34.0. The number of benzene rings is 1. The topological polar surface area (TPSA) is 97.0 Å². The van der Waals surface area contributed by atoms with Gasteiger partial charge >= 0.3 is 0 Å². The molecule has 1 saturated carbocycles. The molecular weight excluding hydrogens is 400 g/mol. The molecule has 1 N–H and O–H groups in total. The molecule has 1 aromatic carbocycles. The first-order chi connectivity index (χ1) is 14.5. The molecule has 0 aliphatic heterocycles. The molecule has 2 aromatic heterocycles. The zero-order chi connectivity index (χ0) is 21.3. The summed E-state index contributed by atoms with van der Waals surface area (Å²) in [5.74, 6) is 1.36. The van der Waals surface area contributed by atoms with Gasteiger partial charge in [-0.05, 0) is 56.9 Å². The zero-order valence-electron chi connectivity index (χ0n) is 17.1. The number of fused-ring (bicyclic) bond motifs is 1. The summed E-state index contributed by atoms with van der Waals surface area (Å²) in [5, 5.41) is 10.8. The van der Waals surface area contributed by atoms with Crippen molar-refractivity contribution in [2.75, 3.05) is 17.1 Å². The molecule has 0 radical (unpaired) electrons. The molecule has 8 heteroatoms. The van der Waals surface area contributed by atoms with Gasteiger partial charge in [-0.15, -0.1) is 0 Å². The Kier molecular flexibility index (Phi) is 5.39. The van der Waals surface area contributed by atoms with Gasteiger partial charge in [0.2, 0.25) is 10.0 Å². The summed E-state index contributed by atoms with van der Waals surface area (Å²) in [6.07, 6.45) is 3.85. The zero-order valence-corrected chi connectivity index (χ0v) is 17.9. The minimum absolute atomic E-state index is 0.00880. The number of sulfonamides is 1. The molecule has 0 atom stereocenters. The Morgan fingerprint density at radius 3 is 2.67 bits per heavy atom.